The first-order valence-corrected chi connectivity index (χ1v) is 7.37. The van der Waals surface area contributed by atoms with Gasteiger partial charge in [-0.3, -0.25) is 9.59 Å². The average Bonchev–Trinajstić information content (AvgIpc) is 2.96. The summed E-state index contributed by atoms with van der Waals surface area (Å²) in [7, 11) is 0. The lowest BCUT2D eigenvalue weighted by Crippen LogP contribution is -2.41. The molecule has 0 bridgehead atoms. The van der Waals surface area contributed by atoms with Crippen LogP contribution < -0.4 is 11.1 Å². The molecule has 0 spiro atoms. The SMILES string of the molecule is Cc1cccc(C2CCCN2C(=O)CNC(=O)CN)c1C. The molecule has 2 rings (SSSR count). The number of carbonyl (C=O) groups excluding carboxylic acids is 2. The molecule has 114 valence electrons. The largest absolute Gasteiger partial charge is 0.346 e. The molecule has 2 amide bonds. The predicted octanol–water partition coefficient (Wildman–Crippen LogP) is 1.04. The van der Waals surface area contributed by atoms with Gasteiger partial charge in [-0.2, -0.15) is 0 Å². The van der Waals surface area contributed by atoms with Crippen molar-refractivity contribution in [3.05, 3.63) is 34.9 Å². The molecule has 1 saturated heterocycles. The molecule has 1 atom stereocenters. The minimum atomic E-state index is -0.300. The van der Waals surface area contributed by atoms with Crippen molar-refractivity contribution in [3.63, 3.8) is 0 Å². The van der Waals surface area contributed by atoms with E-state index in [1.165, 1.54) is 16.7 Å². The number of hydrogen-bond donors (Lipinski definition) is 2. The number of aryl methyl sites for hydroxylation is 1. The van der Waals surface area contributed by atoms with Crippen LogP contribution in [0.4, 0.5) is 0 Å². The van der Waals surface area contributed by atoms with Crippen molar-refractivity contribution >= 4 is 11.8 Å². The molecule has 1 aromatic carbocycles. The van der Waals surface area contributed by atoms with Crippen LogP contribution >= 0.6 is 0 Å². The van der Waals surface area contributed by atoms with E-state index in [-0.39, 0.29) is 30.9 Å². The van der Waals surface area contributed by atoms with Gasteiger partial charge in [0, 0.05) is 6.54 Å². The molecule has 0 radical (unpaired) electrons. The van der Waals surface area contributed by atoms with Crippen LogP contribution in [0.25, 0.3) is 0 Å². The zero-order valence-electron chi connectivity index (χ0n) is 12.7. The fourth-order valence-electron chi connectivity index (χ4n) is 2.87. The van der Waals surface area contributed by atoms with Gasteiger partial charge in [0.2, 0.25) is 11.8 Å². The van der Waals surface area contributed by atoms with Crippen LogP contribution in [-0.2, 0) is 9.59 Å². The number of nitrogens with two attached hydrogens (primary N) is 1. The minimum absolute atomic E-state index is 0.0252. The third-order valence-corrected chi connectivity index (χ3v) is 4.20. The van der Waals surface area contributed by atoms with Crippen LogP contribution in [0.1, 0.15) is 35.6 Å². The Labute approximate surface area is 125 Å². The van der Waals surface area contributed by atoms with Gasteiger partial charge in [0.15, 0.2) is 0 Å². The van der Waals surface area contributed by atoms with Crippen molar-refractivity contribution in [1.29, 1.82) is 0 Å². The fourth-order valence-corrected chi connectivity index (χ4v) is 2.87. The maximum Gasteiger partial charge on any atom is 0.242 e. The van der Waals surface area contributed by atoms with Gasteiger partial charge >= 0.3 is 0 Å². The van der Waals surface area contributed by atoms with Crippen molar-refractivity contribution in [2.45, 2.75) is 32.7 Å². The molecule has 1 aromatic rings. The van der Waals surface area contributed by atoms with Gasteiger partial charge in [-0.1, -0.05) is 18.2 Å². The summed E-state index contributed by atoms with van der Waals surface area (Å²) in [5.41, 5.74) is 8.93. The second-order valence-corrected chi connectivity index (χ2v) is 5.52. The lowest BCUT2D eigenvalue weighted by Gasteiger charge is -2.27. The van der Waals surface area contributed by atoms with Crippen LogP contribution in [0.5, 0.6) is 0 Å². The van der Waals surface area contributed by atoms with Gasteiger partial charge in [-0.05, 0) is 43.4 Å². The maximum absolute atomic E-state index is 12.3. The highest BCUT2D eigenvalue weighted by molar-refractivity contribution is 5.85. The van der Waals surface area contributed by atoms with Crippen molar-refractivity contribution in [2.75, 3.05) is 19.6 Å². The van der Waals surface area contributed by atoms with Gasteiger partial charge < -0.3 is 16.0 Å². The maximum atomic E-state index is 12.3. The van der Waals surface area contributed by atoms with Crippen LogP contribution in [0.2, 0.25) is 0 Å². The van der Waals surface area contributed by atoms with Gasteiger partial charge in [-0.15, -0.1) is 0 Å². The Bertz CT molecular complexity index is 542. The lowest BCUT2D eigenvalue weighted by atomic mass is 9.96. The van der Waals surface area contributed by atoms with E-state index >= 15 is 0 Å². The van der Waals surface area contributed by atoms with E-state index in [1.807, 2.05) is 11.0 Å². The van der Waals surface area contributed by atoms with Gasteiger partial charge in [0.25, 0.3) is 0 Å². The Balaban J connectivity index is 2.11. The summed E-state index contributed by atoms with van der Waals surface area (Å²) in [5, 5.41) is 2.55. The first-order valence-electron chi connectivity index (χ1n) is 7.37. The molecule has 1 aliphatic rings. The zero-order valence-corrected chi connectivity index (χ0v) is 12.7. The number of rotatable bonds is 4. The van der Waals surface area contributed by atoms with Crippen LogP contribution in [0, 0.1) is 13.8 Å². The van der Waals surface area contributed by atoms with Crippen molar-refractivity contribution in [1.82, 2.24) is 10.2 Å². The van der Waals surface area contributed by atoms with Crippen LogP contribution in [-0.4, -0.2) is 36.3 Å². The Morgan fingerprint density at radius 1 is 1.38 bits per heavy atom. The van der Waals surface area contributed by atoms with E-state index in [1.54, 1.807) is 0 Å². The summed E-state index contributed by atoms with van der Waals surface area (Å²) in [6.07, 6.45) is 1.97. The Kier molecular flexibility index (Phi) is 4.96. The van der Waals surface area contributed by atoms with Crippen molar-refractivity contribution < 1.29 is 9.59 Å². The monoisotopic (exact) mass is 289 g/mol. The summed E-state index contributed by atoms with van der Waals surface area (Å²) in [5.74, 6) is -0.342. The minimum Gasteiger partial charge on any atom is -0.346 e. The molecule has 3 N–H and O–H groups in total. The van der Waals surface area contributed by atoms with E-state index < -0.39 is 0 Å². The number of nitrogens with one attached hydrogen (secondary N) is 1. The molecule has 1 heterocycles. The highest BCUT2D eigenvalue weighted by Gasteiger charge is 2.30. The molecule has 1 aliphatic heterocycles. The second-order valence-electron chi connectivity index (χ2n) is 5.52. The standard InChI is InChI=1S/C16H23N3O2/c1-11-5-3-6-13(12(11)2)14-7-4-8-19(14)16(21)10-18-15(20)9-17/h3,5-6,14H,4,7-10,17H2,1-2H3,(H,18,20). The second kappa shape index (κ2) is 6.72. The van der Waals surface area contributed by atoms with Crippen molar-refractivity contribution in [3.8, 4) is 0 Å². The quantitative estimate of drug-likeness (QED) is 0.869. The number of hydrogen-bond acceptors (Lipinski definition) is 3. The molecular weight excluding hydrogens is 266 g/mol. The van der Waals surface area contributed by atoms with E-state index in [9.17, 15) is 9.59 Å². The zero-order chi connectivity index (χ0) is 15.4. The Morgan fingerprint density at radius 3 is 2.86 bits per heavy atom. The van der Waals surface area contributed by atoms with E-state index in [2.05, 4.69) is 31.3 Å². The third kappa shape index (κ3) is 3.42. The molecule has 0 saturated carbocycles. The number of carbonyl (C=O) groups is 2. The summed E-state index contributed by atoms with van der Waals surface area (Å²) in [6, 6.07) is 6.33. The molecule has 5 heteroatoms. The first-order chi connectivity index (χ1) is 10.0. The number of amides is 2. The first kappa shape index (κ1) is 15.5. The Morgan fingerprint density at radius 2 is 2.14 bits per heavy atom. The molecule has 1 unspecified atom stereocenters. The molecule has 0 aliphatic carbocycles. The smallest absolute Gasteiger partial charge is 0.242 e. The molecule has 5 nitrogen and oxygen atoms in total. The van der Waals surface area contributed by atoms with Crippen molar-refractivity contribution in [2.24, 2.45) is 5.73 Å². The number of benzene rings is 1. The van der Waals surface area contributed by atoms with E-state index in [4.69, 9.17) is 5.73 Å². The summed E-state index contributed by atoms with van der Waals surface area (Å²) in [4.78, 5) is 25.4. The highest BCUT2D eigenvalue weighted by atomic mass is 16.2. The molecular formula is C16H23N3O2. The molecule has 1 fully saturated rings. The third-order valence-electron chi connectivity index (χ3n) is 4.20. The summed E-state index contributed by atoms with van der Waals surface area (Å²) < 4.78 is 0. The molecule has 0 aromatic heterocycles. The number of nitrogens with zero attached hydrogens (tertiary/aromatic N) is 1. The van der Waals surface area contributed by atoms with Gasteiger partial charge in [-0.25, -0.2) is 0 Å². The fraction of sp³-hybridized carbons (Fsp3) is 0.500. The van der Waals surface area contributed by atoms with E-state index in [0.29, 0.717) is 0 Å². The average molecular weight is 289 g/mol. The van der Waals surface area contributed by atoms with Crippen LogP contribution in [0.3, 0.4) is 0 Å². The topological polar surface area (TPSA) is 75.4 Å². The van der Waals surface area contributed by atoms with Gasteiger partial charge in [0.1, 0.15) is 0 Å². The normalized spacial score (nSPS) is 17.9. The summed E-state index contributed by atoms with van der Waals surface area (Å²) >= 11 is 0. The van der Waals surface area contributed by atoms with E-state index in [0.717, 1.165) is 19.4 Å². The number of likely N-dealkylation sites (tertiary alicyclic amines) is 1. The predicted molar refractivity (Wildman–Crippen MR) is 81.7 cm³/mol. The van der Waals surface area contributed by atoms with Crippen LogP contribution in [0.15, 0.2) is 18.2 Å². The Hall–Kier alpha value is -1.88. The lowest BCUT2D eigenvalue weighted by molar-refractivity contribution is -0.133. The molecule has 21 heavy (non-hydrogen) atoms. The van der Waals surface area contributed by atoms with Gasteiger partial charge in [0.05, 0.1) is 19.1 Å². The summed E-state index contributed by atoms with van der Waals surface area (Å²) in [6.45, 7) is 4.86. The highest BCUT2D eigenvalue weighted by Crippen LogP contribution is 2.34.